The molecule has 2 aromatic rings. The van der Waals surface area contributed by atoms with Gasteiger partial charge in [0.05, 0.1) is 10.9 Å². The summed E-state index contributed by atoms with van der Waals surface area (Å²) < 4.78 is 2.21. The number of fused-ring (bicyclic) bond motifs is 1. The number of hydrogen-bond donors (Lipinski definition) is 1. The van der Waals surface area contributed by atoms with Crippen LogP contribution in [0.3, 0.4) is 0 Å². The summed E-state index contributed by atoms with van der Waals surface area (Å²) in [6.45, 7) is 3.84. The van der Waals surface area contributed by atoms with Gasteiger partial charge in [-0.3, -0.25) is 9.36 Å². The van der Waals surface area contributed by atoms with E-state index >= 15 is 0 Å². The van der Waals surface area contributed by atoms with Crippen molar-refractivity contribution < 1.29 is 0 Å². The van der Waals surface area contributed by atoms with Gasteiger partial charge in [0.1, 0.15) is 0 Å². The van der Waals surface area contributed by atoms with Crippen molar-refractivity contribution in [2.75, 3.05) is 19.6 Å². The van der Waals surface area contributed by atoms with Gasteiger partial charge in [-0.2, -0.15) is 0 Å². The van der Waals surface area contributed by atoms with Crippen LogP contribution in [-0.4, -0.2) is 34.1 Å². The zero-order valence-corrected chi connectivity index (χ0v) is 13.5. The monoisotopic (exact) mass is 325 g/mol. The van der Waals surface area contributed by atoms with Crippen molar-refractivity contribution in [1.29, 1.82) is 0 Å². The highest BCUT2D eigenvalue weighted by atomic mass is 35.5. The van der Waals surface area contributed by atoms with Crippen molar-refractivity contribution in [3.05, 3.63) is 39.4 Å². The largest absolute Gasteiger partial charge is 0.332 e. The first kappa shape index (κ1) is 16.2. The highest BCUT2D eigenvalue weighted by molar-refractivity contribution is 7.71. The minimum Gasteiger partial charge on any atom is -0.332 e. The number of halogens is 1. The van der Waals surface area contributed by atoms with Crippen molar-refractivity contribution in [3.63, 3.8) is 0 Å². The van der Waals surface area contributed by atoms with Crippen LogP contribution in [0.25, 0.3) is 10.9 Å². The molecule has 1 aliphatic heterocycles. The molecule has 4 nitrogen and oxygen atoms in total. The third-order valence-corrected chi connectivity index (χ3v) is 4.30. The van der Waals surface area contributed by atoms with Crippen LogP contribution in [0.5, 0.6) is 0 Å². The van der Waals surface area contributed by atoms with Crippen LogP contribution >= 0.6 is 24.6 Å². The second-order valence-electron chi connectivity index (χ2n) is 5.33. The number of nitrogens with zero attached hydrogens (tertiary/aromatic N) is 2. The van der Waals surface area contributed by atoms with Crippen molar-refractivity contribution >= 4 is 35.5 Å². The fraction of sp³-hybridized carbons (Fsp3) is 0.467. The normalized spacial score (nSPS) is 15.8. The summed E-state index contributed by atoms with van der Waals surface area (Å²) in [5, 5.41) is 0.708. The van der Waals surface area contributed by atoms with E-state index in [4.69, 9.17) is 12.2 Å². The van der Waals surface area contributed by atoms with E-state index < -0.39 is 0 Å². The molecule has 0 saturated carbocycles. The van der Waals surface area contributed by atoms with Crippen LogP contribution in [-0.2, 0) is 6.54 Å². The lowest BCUT2D eigenvalue weighted by Crippen LogP contribution is -2.35. The van der Waals surface area contributed by atoms with Crippen LogP contribution in [0.4, 0.5) is 0 Å². The third kappa shape index (κ3) is 3.54. The van der Waals surface area contributed by atoms with Crippen LogP contribution < -0.4 is 5.56 Å². The van der Waals surface area contributed by atoms with Gasteiger partial charge in [0, 0.05) is 13.1 Å². The van der Waals surface area contributed by atoms with E-state index in [0.29, 0.717) is 16.7 Å². The smallest absolute Gasteiger partial charge is 0.262 e. The summed E-state index contributed by atoms with van der Waals surface area (Å²) in [4.78, 5) is 18.0. The number of nitrogens with one attached hydrogen (secondary N) is 1. The fourth-order valence-electron chi connectivity index (χ4n) is 2.83. The van der Waals surface area contributed by atoms with Gasteiger partial charge in [-0.25, -0.2) is 0 Å². The summed E-state index contributed by atoms with van der Waals surface area (Å²) >= 11 is 5.32. The van der Waals surface area contributed by atoms with Crippen molar-refractivity contribution in [2.45, 2.75) is 25.8 Å². The molecule has 1 N–H and O–H groups in total. The molecule has 2 heterocycles. The van der Waals surface area contributed by atoms with Gasteiger partial charge in [0.2, 0.25) is 0 Å². The molecule has 0 radical (unpaired) electrons. The lowest BCUT2D eigenvalue weighted by Gasteiger charge is -2.26. The lowest BCUT2D eigenvalue weighted by atomic mass is 10.1. The highest BCUT2D eigenvalue weighted by Crippen LogP contribution is 2.09. The van der Waals surface area contributed by atoms with E-state index in [1.54, 1.807) is 4.57 Å². The number of benzene rings is 1. The SMILES string of the molecule is Cl.O=c1c2ccccc2[nH]c(=S)n1CCN1CCCCC1. The molecular formula is C15H20ClN3OS. The Balaban J connectivity index is 0.00000161. The molecule has 6 heteroatoms. The Hall–Kier alpha value is -1.17. The van der Waals surface area contributed by atoms with E-state index in [1.807, 2.05) is 24.3 Å². The molecule has 0 unspecified atom stereocenters. The topological polar surface area (TPSA) is 41.0 Å². The van der Waals surface area contributed by atoms with Gasteiger partial charge in [-0.1, -0.05) is 18.6 Å². The molecule has 0 bridgehead atoms. The van der Waals surface area contributed by atoms with Gasteiger partial charge in [-0.05, 0) is 50.3 Å². The Bertz CT molecular complexity index is 719. The number of piperidine rings is 1. The summed E-state index contributed by atoms with van der Waals surface area (Å²) in [5.41, 5.74) is 0.832. The first-order valence-corrected chi connectivity index (χ1v) is 7.61. The molecule has 3 rings (SSSR count). The van der Waals surface area contributed by atoms with E-state index in [1.165, 1.54) is 19.3 Å². The average molecular weight is 326 g/mol. The van der Waals surface area contributed by atoms with Gasteiger partial charge >= 0.3 is 0 Å². The summed E-state index contributed by atoms with van der Waals surface area (Å²) in [6, 6.07) is 7.53. The first-order valence-electron chi connectivity index (χ1n) is 7.20. The Labute approximate surface area is 135 Å². The molecule has 1 aliphatic rings. The number of aromatic amines is 1. The summed E-state index contributed by atoms with van der Waals surface area (Å²) in [6.07, 6.45) is 3.85. The lowest BCUT2D eigenvalue weighted by molar-refractivity contribution is 0.219. The number of aromatic nitrogens is 2. The maximum Gasteiger partial charge on any atom is 0.262 e. The highest BCUT2D eigenvalue weighted by Gasteiger charge is 2.11. The molecule has 1 aromatic heterocycles. The molecule has 0 spiro atoms. The number of hydrogen-bond acceptors (Lipinski definition) is 3. The van der Waals surface area contributed by atoms with Crippen LogP contribution in [0.1, 0.15) is 19.3 Å². The van der Waals surface area contributed by atoms with Crippen molar-refractivity contribution in [2.24, 2.45) is 0 Å². The van der Waals surface area contributed by atoms with Crippen LogP contribution in [0, 0.1) is 4.77 Å². The van der Waals surface area contributed by atoms with Crippen LogP contribution in [0.2, 0.25) is 0 Å². The number of para-hydroxylation sites is 1. The van der Waals surface area contributed by atoms with Gasteiger partial charge < -0.3 is 9.88 Å². The predicted octanol–water partition coefficient (Wildman–Crippen LogP) is 2.97. The third-order valence-electron chi connectivity index (χ3n) is 3.98. The Morgan fingerprint density at radius 3 is 2.57 bits per heavy atom. The predicted molar refractivity (Wildman–Crippen MR) is 90.9 cm³/mol. The van der Waals surface area contributed by atoms with Gasteiger partial charge in [-0.15, -0.1) is 12.4 Å². The van der Waals surface area contributed by atoms with E-state index in [-0.39, 0.29) is 18.0 Å². The zero-order valence-electron chi connectivity index (χ0n) is 11.9. The van der Waals surface area contributed by atoms with Crippen LogP contribution in [0.15, 0.2) is 29.1 Å². The molecule has 1 saturated heterocycles. The molecule has 1 aromatic carbocycles. The molecule has 114 valence electrons. The molecule has 1 fully saturated rings. The summed E-state index contributed by atoms with van der Waals surface area (Å²) in [7, 11) is 0. The molecule has 0 amide bonds. The van der Waals surface area contributed by atoms with E-state index in [9.17, 15) is 4.79 Å². The molecule has 0 aliphatic carbocycles. The maximum atomic E-state index is 12.5. The summed E-state index contributed by atoms with van der Waals surface area (Å²) in [5.74, 6) is 0. The number of rotatable bonds is 3. The van der Waals surface area contributed by atoms with E-state index in [2.05, 4.69) is 9.88 Å². The second kappa shape index (κ2) is 7.20. The number of H-pyrrole nitrogens is 1. The van der Waals surface area contributed by atoms with Crippen molar-refractivity contribution in [1.82, 2.24) is 14.5 Å². The Morgan fingerprint density at radius 1 is 1.10 bits per heavy atom. The van der Waals surface area contributed by atoms with E-state index in [0.717, 1.165) is 25.2 Å². The zero-order chi connectivity index (χ0) is 13.9. The van der Waals surface area contributed by atoms with Crippen molar-refractivity contribution in [3.8, 4) is 0 Å². The second-order valence-corrected chi connectivity index (χ2v) is 5.72. The first-order chi connectivity index (χ1) is 9.75. The molecular weight excluding hydrogens is 306 g/mol. The maximum absolute atomic E-state index is 12.5. The molecule has 21 heavy (non-hydrogen) atoms. The van der Waals surface area contributed by atoms with Gasteiger partial charge in [0.15, 0.2) is 4.77 Å². The minimum atomic E-state index is 0. The van der Waals surface area contributed by atoms with Gasteiger partial charge in [0.25, 0.3) is 5.56 Å². The molecule has 0 atom stereocenters. The minimum absolute atomic E-state index is 0. The Morgan fingerprint density at radius 2 is 1.81 bits per heavy atom. The number of likely N-dealkylation sites (tertiary alicyclic amines) is 1. The Kier molecular flexibility index (Phi) is 5.56. The fourth-order valence-corrected chi connectivity index (χ4v) is 3.11. The average Bonchev–Trinajstić information content (AvgIpc) is 2.48. The quantitative estimate of drug-likeness (QED) is 0.882. The standard InChI is InChI=1S/C15H19N3OS.ClH/c19-14-12-6-2-3-7-13(12)16-15(20)18(14)11-10-17-8-4-1-5-9-17;/h2-3,6-7H,1,4-5,8-11H2,(H,16,20);1H.